The Hall–Kier alpha value is -2.67. The molecule has 0 radical (unpaired) electrons. The van der Waals surface area contributed by atoms with Gasteiger partial charge in [-0.3, -0.25) is 0 Å². The Morgan fingerprint density at radius 3 is 2.70 bits per heavy atom. The molecule has 7 nitrogen and oxygen atoms in total. The van der Waals surface area contributed by atoms with Crippen molar-refractivity contribution in [2.24, 2.45) is 0 Å². The normalized spacial score (nSPS) is 10.7. The van der Waals surface area contributed by atoms with Crippen LogP contribution >= 0.6 is 11.6 Å². The van der Waals surface area contributed by atoms with Crippen molar-refractivity contribution in [2.45, 2.75) is 0 Å². The number of benzene rings is 1. The number of anilines is 2. The van der Waals surface area contributed by atoms with E-state index in [4.69, 9.17) is 17.3 Å². The standard InChI is InChI=1S/C12H9ClN6O/c13-7-1-3-8(4-2-7)18-12(20)19-6-17-9-10(14)15-5-16-11(9)19/h1-6H,(H,18,20)(H2,14,15,16). The summed E-state index contributed by atoms with van der Waals surface area (Å²) in [6.07, 6.45) is 2.63. The first-order valence-corrected chi connectivity index (χ1v) is 6.03. The summed E-state index contributed by atoms with van der Waals surface area (Å²) in [7, 11) is 0. The fourth-order valence-corrected chi connectivity index (χ4v) is 1.84. The van der Waals surface area contributed by atoms with E-state index < -0.39 is 6.03 Å². The molecule has 3 aromatic rings. The number of imidazole rings is 1. The van der Waals surface area contributed by atoms with Crippen LogP contribution in [0.5, 0.6) is 0 Å². The van der Waals surface area contributed by atoms with Crippen LogP contribution in [0.25, 0.3) is 11.2 Å². The molecule has 3 rings (SSSR count). The number of hydrogen-bond acceptors (Lipinski definition) is 5. The fourth-order valence-electron chi connectivity index (χ4n) is 1.72. The molecular formula is C12H9ClN6O. The van der Waals surface area contributed by atoms with Crippen molar-refractivity contribution < 1.29 is 4.79 Å². The molecule has 0 unspecified atom stereocenters. The maximum Gasteiger partial charge on any atom is 0.332 e. The van der Waals surface area contributed by atoms with Crippen molar-refractivity contribution in [3.8, 4) is 0 Å². The molecule has 2 aromatic heterocycles. The van der Waals surface area contributed by atoms with Crippen LogP contribution in [0.15, 0.2) is 36.9 Å². The summed E-state index contributed by atoms with van der Waals surface area (Å²) in [5.41, 5.74) is 7.02. The third-order valence-electron chi connectivity index (χ3n) is 2.68. The monoisotopic (exact) mass is 288 g/mol. The fraction of sp³-hybridized carbons (Fsp3) is 0. The second-order valence-corrected chi connectivity index (χ2v) is 4.42. The number of nitrogens with zero attached hydrogens (tertiary/aromatic N) is 4. The van der Waals surface area contributed by atoms with Crippen LogP contribution in [0.1, 0.15) is 0 Å². The lowest BCUT2D eigenvalue weighted by Crippen LogP contribution is -2.18. The summed E-state index contributed by atoms with van der Waals surface area (Å²) >= 11 is 5.78. The average molecular weight is 289 g/mol. The Balaban J connectivity index is 1.93. The van der Waals surface area contributed by atoms with Gasteiger partial charge in [-0.1, -0.05) is 11.6 Å². The Morgan fingerprint density at radius 2 is 1.95 bits per heavy atom. The lowest BCUT2D eigenvalue weighted by Gasteiger charge is -2.05. The van der Waals surface area contributed by atoms with E-state index in [1.165, 1.54) is 17.2 Å². The predicted molar refractivity (Wildman–Crippen MR) is 75.6 cm³/mol. The number of carbonyl (C=O) groups excluding carboxylic acids is 1. The average Bonchev–Trinajstić information content (AvgIpc) is 2.87. The Morgan fingerprint density at radius 1 is 1.20 bits per heavy atom. The molecule has 20 heavy (non-hydrogen) atoms. The largest absolute Gasteiger partial charge is 0.382 e. The van der Waals surface area contributed by atoms with Gasteiger partial charge < -0.3 is 11.1 Å². The minimum Gasteiger partial charge on any atom is -0.382 e. The maximum atomic E-state index is 12.2. The van der Waals surface area contributed by atoms with Crippen molar-refractivity contribution in [1.29, 1.82) is 0 Å². The van der Waals surface area contributed by atoms with Crippen molar-refractivity contribution in [1.82, 2.24) is 19.5 Å². The zero-order valence-electron chi connectivity index (χ0n) is 10.1. The smallest absolute Gasteiger partial charge is 0.332 e. The molecule has 0 bridgehead atoms. The van der Waals surface area contributed by atoms with Crippen molar-refractivity contribution in [2.75, 3.05) is 11.1 Å². The SMILES string of the molecule is Nc1ncnc2c1ncn2C(=O)Nc1ccc(Cl)cc1. The minimum absolute atomic E-state index is 0.230. The van der Waals surface area contributed by atoms with E-state index in [1.807, 2.05) is 0 Å². The van der Waals surface area contributed by atoms with Gasteiger partial charge in [0.2, 0.25) is 0 Å². The second-order valence-electron chi connectivity index (χ2n) is 3.98. The summed E-state index contributed by atoms with van der Waals surface area (Å²) in [5.74, 6) is 0.230. The summed E-state index contributed by atoms with van der Waals surface area (Å²) in [5, 5.41) is 3.30. The molecular weight excluding hydrogens is 280 g/mol. The van der Waals surface area contributed by atoms with E-state index in [0.29, 0.717) is 21.9 Å². The molecule has 8 heteroatoms. The maximum absolute atomic E-state index is 12.2. The minimum atomic E-state index is -0.395. The third-order valence-corrected chi connectivity index (χ3v) is 2.93. The zero-order valence-corrected chi connectivity index (χ0v) is 10.9. The van der Waals surface area contributed by atoms with Crippen LogP contribution in [0.2, 0.25) is 5.02 Å². The summed E-state index contributed by atoms with van der Waals surface area (Å²) in [6.45, 7) is 0. The number of nitrogens with one attached hydrogen (secondary N) is 1. The van der Waals surface area contributed by atoms with Gasteiger partial charge in [0, 0.05) is 10.7 Å². The number of nitrogen functional groups attached to an aromatic ring is 1. The van der Waals surface area contributed by atoms with Gasteiger partial charge in [-0.05, 0) is 24.3 Å². The number of amides is 1. The third kappa shape index (κ3) is 2.14. The van der Waals surface area contributed by atoms with Gasteiger partial charge in [-0.2, -0.15) is 0 Å². The molecule has 0 saturated carbocycles. The summed E-state index contributed by atoms with van der Waals surface area (Å²) < 4.78 is 1.27. The number of halogens is 1. The molecule has 0 spiro atoms. The first-order chi connectivity index (χ1) is 9.65. The van der Waals surface area contributed by atoms with E-state index in [1.54, 1.807) is 24.3 Å². The number of carbonyl (C=O) groups is 1. The van der Waals surface area contributed by atoms with E-state index in [0.717, 1.165) is 0 Å². The highest BCUT2D eigenvalue weighted by Crippen LogP contribution is 2.16. The van der Waals surface area contributed by atoms with Crippen LogP contribution < -0.4 is 11.1 Å². The van der Waals surface area contributed by atoms with E-state index in [2.05, 4.69) is 20.3 Å². The van der Waals surface area contributed by atoms with Crippen LogP contribution in [-0.2, 0) is 0 Å². The van der Waals surface area contributed by atoms with Crippen LogP contribution in [0, 0.1) is 0 Å². The predicted octanol–water partition coefficient (Wildman–Crippen LogP) is 2.14. The first-order valence-electron chi connectivity index (χ1n) is 5.65. The molecule has 1 aromatic carbocycles. The van der Waals surface area contributed by atoms with Gasteiger partial charge in [0.1, 0.15) is 12.7 Å². The molecule has 0 saturated heterocycles. The van der Waals surface area contributed by atoms with Crippen LogP contribution in [0.3, 0.4) is 0 Å². The number of fused-ring (bicyclic) bond motifs is 1. The number of nitrogens with two attached hydrogens (primary N) is 1. The lowest BCUT2D eigenvalue weighted by atomic mass is 10.3. The quantitative estimate of drug-likeness (QED) is 0.715. The highest BCUT2D eigenvalue weighted by atomic mass is 35.5. The zero-order chi connectivity index (χ0) is 14.1. The number of rotatable bonds is 1. The van der Waals surface area contributed by atoms with Gasteiger partial charge in [0.25, 0.3) is 0 Å². The Kier molecular flexibility index (Phi) is 2.96. The topological polar surface area (TPSA) is 98.7 Å². The van der Waals surface area contributed by atoms with Crippen molar-refractivity contribution in [3.63, 3.8) is 0 Å². The molecule has 2 heterocycles. The Labute approximate surface area is 118 Å². The van der Waals surface area contributed by atoms with E-state index in [9.17, 15) is 4.79 Å². The van der Waals surface area contributed by atoms with Gasteiger partial charge in [0.05, 0.1) is 0 Å². The van der Waals surface area contributed by atoms with Crippen molar-refractivity contribution in [3.05, 3.63) is 41.9 Å². The van der Waals surface area contributed by atoms with Gasteiger partial charge in [-0.15, -0.1) is 0 Å². The molecule has 0 aliphatic heterocycles. The molecule has 0 aliphatic rings. The highest BCUT2D eigenvalue weighted by molar-refractivity contribution is 6.30. The van der Waals surface area contributed by atoms with Crippen molar-refractivity contribution >= 4 is 40.3 Å². The second kappa shape index (κ2) is 4.78. The highest BCUT2D eigenvalue weighted by Gasteiger charge is 2.13. The molecule has 1 amide bonds. The van der Waals surface area contributed by atoms with E-state index in [-0.39, 0.29) is 5.82 Å². The summed E-state index contributed by atoms with van der Waals surface area (Å²) in [6, 6.07) is 6.37. The number of hydrogen-bond donors (Lipinski definition) is 2. The molecule has 100 valence electrons. The molecule has 0 atom stereocenters. The molecule has 3 N–H and O–H groups in total. The van der Waals surface area contributed by atoms with E-state index >= 15 is 0 Å². The van der Waals surface area contributed by atoms with Crippen LogP contribution in [0.4, 0.5) is 16.3 Å². The molecule has 0 aliphatic carbocycles. The van der Waals surface area contributed by atoms with Crippen LogP contribution in [-0.4, -0.2) is 25.6 Å². The van der Waals surface area contributed by atoms with Gasteiger partial charge in [0.15, 0.2) is 17.0 Å². The lowest BCUT2D eigenvalue weighted by molar-refractivity contribution is 0.254. The molecule has 0 fully saturated rings. The summed E-state index contributed by atoms with van der Waals surface area (Å²) in [4.78, 5) is 24.0. The Bertz CT molecular complexity index is 782. The first kappa shape index (κ1) is 12.4. The number of aromatic nitrogens is 4. The van der Waals surface area contributed by atoms with Gasteiger partial charge in [-0.25, -0.2) is 24.3 Å². The van der Waals surface area contributed by atoms with Gasteiger partial charge >= 0.3 is 6.03 Å².